The Kier molecular flexibility index (Phi) is 5.26. The van der Waals surface area contributed by atoms with Crippen LogP contribution in [0.5, 0.6) is 0 Å². The van der Waals surface area contributed by atoms with Crippen molar-refractivity contribution in [2.24, 2.45) is 0 Å². The van der Waals surface area contributed by atoms with E-state index < -0.39 is 29.5 Å². The molecule has 162 valence electrons. The molecule has 10 heteroatoms. The van der Waals surface area contributed by atoms with Crippen molar-refractivity contribution in [3.05, 3.63) is 64.7 Å². The molecule has 0 amide bonds. The van der Waals surface area contributed by atoms with Crippen LogP contribution in [-0.2, 0) is 18.6 Å². The molecule has 1 unspecified atom stereocenters. The zero-order valence-electron chi connectivity index (χ0n) is 15.6. The van der Waals surface area contributed by atoms with Crippen LogP contribution in [0.4, 0.5) is 32.0 Å². The van der Waals surface area contributed by atoms with Gasteiger partial charge in [0, 0.05) is 23.8 Å². The maximum atomic E-state index is 13.1. The molecule has 1 aliphatic heterocycles. The molecular weight excluding hydrogens is 416 g/mol. The zero-order chi connectivity index (χ0) is 22.5. The molecule has 4 nitrogen and oxygen atoms in total. The quantitative estimate of drug-likeness (QED) is 0.690. The van der Waals surface area contributed by atoms with Gasteiger partial charge in [-0.2, -0.15) is 26.3 Å². The van der Waals surface area contributed by atoms with Crippen molar-refractivity contribution in [1.82, 2.24) is 0 Å². The van der Waals surface area contributed by atoms with E-state index in [2.05, 4.69) is 0 Å². The van der Waals surface area contributed by atoms with Crippen molar-refractivity contribution in [3.8, 4) is 0 Å². The molecule has 0 spiro atoms. The first-order valence-electron chi connectivity index (χ1n) is 8.84. The Morgan fingerprint density at radius 3 is 2.10 bits per heavy atom. The minimum atomic E-state index is -5.94. The minimum Gasteiger partial charge on any atom is -0.478 e. The van der Waals surface area contributed by atoms with Crippen molar-refractivity contribution in [3.63, 3.8) is 0 Å². The fourth-order valence-electron chi connectivity index (χ4n) is 3.60. The summed E-state index contributed by atoms with van der Waals surface area (Å²) in [5.74, 6) is -1.09. The van der Waals surface area contributed by atoms with Gasteiger partial charge >= 0.3 is 18.3 Å². The average Bonchev–Trinajstić information content (AvgIpc) is 2.94. The normalized spacial score (nSPS) is 17.2. The van der Waals surface area contributed by atoms with Crippen LogP contribution in [-0.4, -0.2) is 34.6 Å². The van der Waals surface area contributed by atoms with Gasteiger partial charge in [-0.05, 0) is 42.7 Å². The molecule has 1 atom stereocenters. The largest absolute Gasteiger partial charge is 0.478 e. The second-order valence-electron chi connectivity index (χ2n) is 7.23. The SMILES string of the molecule is CC1Cc2cc(C(O)(C(F)(F)F)C(F)(F)F)ccc2N1Cc1ccc(C(=O)O)cc1. The molecule has 1 aliphatic rings. The number of rotatable bonds is 4. The minimum absolute atomic E-state index is 0.0943. The number of nitrogens with zero attached hydrogens (tertiary/aromatic N) is 1. The number of halogens is 6. The predicted molar refractivity (Wildman–Crippen MR) is 95.2 cm³/mol. The van der Waals surface area contributed by atoms with E-state index >= 15 is 0 Å². The Morgan fingerprint density at radius 2 is 1.60 bits per heavy atom. The molecule has 2 aromatic rings. The first kappa shape index (κ1) is 21.9. The van der Waals surface area contributed by atoms with Crippen molar-refractivity contribution in [1.29, 1.82) is 0 Å². The molecule has 30 heavy (non-hydrogen) atoms. The number of aromatic carboxylic acids is 1. The summed E-state index contributed by atoms with van der Waals surface area (Å²) in [6.45, 7) is 2.06. The van der Waals surface area contributed by atoms with Crippen LogP contribution >= 0.6 is 0 Å². The van der Waals surface area contributed by atoms with Gasteiger partial charge in [0.2, 0.25) is 0 Å². The number of benzene rings is 2. The van der Waals surface area contributed by atoms with Crippen LogP contribution in [0.15, 0.2) is 42.5 Å². The highest BCUT2D eigenvalue weighted by molar-refractivity contribution is 5.87. The summed E-state index contributed by atoms with van der Waals surface area (Å²) in [6, 6.07) is 8.31. The Bertz CT molecular complexity index is 938. The molecule has 3 rings (SSSR count). The van der Waals surface area contributed by atoms with E-state index in [9.17, 15) is 36.2 Å². The van der Waals surface area contributed by atoms with E-state index in [1.807, 2.05) is 0 Å². The molecule has 2 aromatic carbocycles. The third-order valence-electron chi connectivity index (χ3n) is 5.23. The van der Waals surface area contributed by atoms with Gasteiger partial charge in [0.15, 0.2) is 0 Å². The first-order chi connectivity index (χ1) is 13.8. The van der Waals surface area contributed by atoms with Crippen LogP contribution in [0.1, 0.15) is 34.0 Å². The second-order valence-corrected chi connectivity index (χ2v) is 7.23. The van der Waals surface area contributed by atoms with Crippen LogP contribution in [0, 0.1) is 0 Å². The van der Waals surface area contributed by atoms with Gasteiger partial charge in [-0.3, -0.25) is 0 Å². The lowest BCUT2D eigenvalue weighted by atomic mass is 9.90. The summed E-state index contributed by atoms with van der Waals surface area (Å²) >= 11 is 0. The van der Waals surface area contributed by atoms with E-state index in [0.29, 0.717) is 11.8 Å². The number of hydrogen-bond acceptors (Lipinski definition) is 3. The number of hydrogen-bond donors (Lipinski definition) is 2. The number of carbonyl (C=O) groups is 1. The molecule has 1 heterocycles. The van der Waals surface area contributed by atoms with Crippen molar-refractivity contribution in [2.75, 3.05) is 4.90 Å². The third kappa shape index (κ3) is 3.60. The van der Waals surface area contributed by atoms with Crippen LogP contribution in [0.3, 0.4) is 0 Å². The summed E-state index contributed by atoms with van der Waals surface area (Å²) in [5, 5.41) is 18.6. The molecule has 0 saturated heterocycles. The second kappa shape index (κ2) is 7.19. The maximum Gasteiger partial charge on any atom is 0.430 e. The maximum absolute atomic E-state index is 13.1. The summed E-state index contributed by atoms with van der Waals surface area (Å²) in [4.78, 5) is 12.7. The topological polar surface area (TPSA) is 60.8 Å². The van der Waals surface area contributed by atoms with Crippen molar-refractivity contribution >= 4 is 11.7 Å². The Hall–Kier alpha value is -2.75. The molecule has 0 bridgehead atoms. The Balaban J connectivity index is 1.94. The molecule has 0 fully saturated rings. The summed E-state index contributed by atoms with van der Waals surface area (Å²) < 4.78 is 78.9. The van der Waals surface area contributed by atoms with Gasteiger partial charge in [0.05, 0.1) is 5.56 Å². The number of alkyl halides is 6. The van der Waals surface area contributed by atoms with E-state index in [0.717, 1.165) is 17.7 Å². The Morgan fingerprint density at radius 1 is 1.03 bits per heavy atom. The highest BCUT2D eigenvalue weighted by atomic mass is 19.4. The summed E-state index contributed by atoms with van der Waals surface area (Å²) in [6.07, 6.45) is -11.7. The molecule has 2 N–H and O–H groups in total. The van der Waals surface area contributed by atoms with Crippen molar-refractivity contribution < 1.29 is 41.4 Å². The highest BCUT2D eigenvalue weighted by Gasteiger charge is 2.71. The van der Waals surface area contributed by atoms with Gasteiger partial charge in [0.25, 0.3) is 5.60 Å². The summed E-state index contributed by atoms with van der Waals surface area (Å²) in [5.41, 5.74) is -4.70. The predicted octanol–water partition coefficient (Wildman–Crippen LogP) is 4.65. The van der Waals surface area contributed by atoms with E-state index in [1.165, 1.54) is 12.1 Å². The molecule has 0 aliphatic carbocycles. The fraction of sp³-hybridized carbons (Fsp3) is 0.350. The number of carboxylic acid groups (broad SMARTS) is 1. The lowest BCUT2D eigenvalue weighted by Crippen LogP contribution is -2.53. The smallest absolute Gasteiger partial charge is 0.430 e. The molecule has 0 radical (unpaired) electrons. The standard InChI is InChI=1S/C20H17F6NO3/c1-11-8-14-9-15(18(30,19(21,22)23)20(24,25)26)6-7-16(14)27(11)10-12-2-4-13(5-3-12)17(28)29/h2-7,9,11,30H,8,10H2,1H3,(H,28,29). The van der Waals surface area contributed by atoms with Gasteiger partial charge < -0.3 is 15.1 Å². The monoisotopic (exact) mass is 433 g/mol. The van der Waals surface area contributed by atoms with E-state index in [4.69, 9.17) is 5.11 Å². The van der Waals surface area contributed by atoms with Gasteiger partial charge in [-0.25, -0.2) is 4.79 Å². The van der Waals surface area contributed by atoms with Gasteiger partial charge in [-0.1, -0.05) is 24.3 Å². The molecule has 0 saturated carbocycles. The van der Waals surface area contributed by atoms with Crippen molar-refractivity contribution in [2.45, 2.75) is 43.9 Å². The Labute approximate surface area is 167 Å². The van der Waals surface area contributed by atoms with Gasteiger partial charge in [0.1, 0.15) is 0 Å². The van der Waals surface area contributed by atoms with E-state index in [1.54, 1.807) is 24.0 Å². The van der Waals surface area contributed by atoms with Gasteiger partial charge in [-0.15, -0.1) is 0 Å². The number of carboxylic acids is 1. The van der Waals surface area contributed by atoms with Crippen LogP contribution in [0.25, 0.3) is 0 Å². The van der Waals surface area contributed by atoms with Crippen LogP contribution < -0.4 is 4.90 Å². The summed E-state index contributed by atoms with van der Waals surface area (Å²) in [7, 11) is 0. The third-order valence-corrected chi connectivity index (χ3v) is 5.23. The number of anilines is 1. The number of aliphatic hydroxyl groups is 1. The van der Waals surface area contributed by atoms with Crippen LogP contribution in [0.2, 0.25) is 0 Å². The van der Waals surface area contributed by atoms with E-state index in [-0.39, 0.29) is 30.1 Å². The first-order valence-corrected chi connectivity index (χ1v) is 8.84. The molecule has 0 aromatic heterocycles. The molecular formula is C20H17F6NO3. The zero-order valence-corrected chi connectivity index (χ0v) is 15.6. The highest BCUT2D eigenvalue weighted by Crippen LogP contribution is 2.51. The lowest BCUT2D eigenvalue weighted by molar-refractivity contribution is -0.376. The fourth-order valence-corrected chi connectivity index (χ4v) is 3.60. The lowest BCUT2D eigenvalue weighted by Gasteiger charge is -2.33. The number of fused-ring (bicyclic) bond motifs is 1. The average molecular weight is 433 g/mol.